The second-order valence-corrected chi connectivity index (χ2v) is 9.18. The summed E-state index contributed by atoms with van der Waals surface area (Å²) in [6, 6.07) is 17.9. The molecule has 0 aliphatic rings. The van der Waals surface area contributed by atoms with Gasteiger partial charge in [0.1, 0.15) is 5.75 Å². The van der Waals surface area contributed by atoms with E-state index in [2.05, 4.69) is 35.4 Å². The van der Waals surface area contributed by atoms with Gasteiger partial charge in [0, 0.05) is 16.1 Å². The first kappa shape index (κ1) is 22.0. The summed E-state index contributed by atoms with van der Waals surface area (Å²) in [5.41, 5.74) is 4.57. The number of fused-ring (bicyclic) bond motifs is 1. The summed E-state index contributed by atoms with van der Waals surface area (Å²) >= 11 is 7.42. The molecule has 0 radical (unpaired) electrons. The number of methoxy groups -OCH3 is 1. The van der Waals surface area contributed by atoms with Gasteiger partial charge in [0.05, 0.1) is 25.7 Å². The number of pyridine rings is 1. The zero-order valence-corrected chi connectivity index (χ0v) is 19.9. The Hall–Kier alpha value is -3.16. The fraction of sp³-hybridized carbons (Fsp3) is 0.200. The molecule has 0 bridgehead atoms. The average Bonchev–Trinajstić information content (AvgIpc) is 3.28. The standard InChI is InChI=1S/C25H25N3O2S2/c1-16-11-17(2)23-18(12-16)13-19(24(29)27-23)14-28(15-22-5-4-10-32-22)25(31)26-20-6-8-21(30-3)9-7-20/h4-13H,14-15H2,1-3H3,(H,26,31)(H,27,29). The van der Waals surface area contributed by atoms with E-state index >= 15 is 0 Å². The van der Waals surface area contributed by atoms with Crippen LogP contribution >= 0.6 is 23.6 Å². The molecule has 0 unspecified atom stereocenters. The SMILES string of the molecule is COc1ccc(NC(=S)N(Cc2cccs2)Cc2cc3cc(C)cc(C)c3[nH]c2=O)cc1. The van der Waals surface area contributed by atoms with Crippen molar-refractivity contribution in [3.05, 3.63) is 91.9 Å². The maximum Gasteiger partial charge on any atom is 0.253 e. The molecule has 32 heavy (non-hydrogen) atoms. The molecule has 2 aromatic carbocycles. The van der Waals surface area contributed by atoms with Crippen molar-refractivity contribution in [1.29, 1.82) is 0 Å². The Kier molecular flexibility index (Phi) is 6.58. The van der Waals surface area contributed by atoms with Crippen molar-refractivity contribution in [2.24, 2.45) is 0 Å². The van der Waals surface area contributed by atoms with E-state index in [0.717, 1.165) is 27.9 Å². The van der Waals surface area contributed by atoms with Crippen LogP contribution in [0.2, 0.25) is 0 Å². The number of thiophene rings is 1. The van der Waals surface area contributed by atoms with Crippen LogP contribution in [0, 0.1) is 13.8 Å². The highest BCUT2D eigenvalue weighted by molar-refractivity contribution is 7.80. The number of benzene rings is 2. The number of aryl methyl sites for hydroxylation is 2. The average molecular weight is 464 g/mol. The minimum Gasteiger partial charge on any atom is -0.497 e. The van der Waals surface area contributed by atoms with Crippen molar-refractivity contribution in [1.82, 2.24) is 9.88 Å². The van der Waals surface area contributed by atoms with Crippen LogP contribution in [-0.4, -0.2) is 22.1 Å². The Balaban J connectivity index is 1.63. The zero-order chi connectivity index (χ0) is 22.7. The highest BCUT2D eigenvalue weighted by Gasteiger charge is 2.15. The predicted octanol–water partition coefficient (Wildman–Crippen LogP) is 5.61. The van der Waals surface area contributed by atoms with Crippen molar-refractivity contribution in [2.75, 3.05) is 12.4 Å². The summed E-state index contributed by atoms with van der Waals surface area (Å²) in [5.74, 6) is 0.783. The summed E-state index contributed by atoms with van der Waals surface area (Å²) in [6.45, 7) is 5.10. The van der Waals surface area contributed by atoms with Crippen molar-refractivity contribution in [3.63, 3.8) is 0 Å². The van der Waals surface area contributed by atoms with Gasteiger partial charge in [-0.25, -0.2) is 0 Å². The third-order valence-electron chi connectivity index (χ3n) is 5.29. The molecule has 4 rings (SSSR count). The van der Waals surface area contributed by atoms with Gasteiger partial charge in [0.15, 0.2) is 5.11 Å². The first-order valence-electron chi connectivity index (χ1n) is 10.3. The molecule has 2 aromatic heterocycles. The number of rotatable bonds is 6. The van der Waals surface area contributed by atoms with Crippen molar-refractivity contribution < 1.29 is 4.74 Å². The molecule has 0 saturated carbocycles. The third kappa shape index (κ3) is 5.00. The Labute approximate surface area is 196 Å². The van der Waals surface area contributed by atoms with Gasteiger partial charge in [0.2, 0.25) is 0 Å². The second kappa shape index (κ2) is 9.54. The van der Waals surface area contributed by atoms with E-state index in [1.807, 2.05) is 53.6 Å². The van der Waals surface area contributed by atoms with Gasteiger partial charge in [-0.05, 0) is 84.9 Å². The minimum atomic E-state index is -0.0899. The number of nitrogens with zero attached hydrogens (tertiary/aromatic N) is 1. The fourth-order valence-corrected chi connectivity index (χ4v) is 4.69. The number of aromatic nitrogens is 1. The lowest BCUT2D eigenvalue weighted by Crippen LogP contribution is -2.35. The van der Waals surface area contributed by atoms with Gasteiger partial charge in [-0.3, -0.25) is 4.79 Å². The molecule has 0 spiro atoms. The van der Waals surface area contributed by atoms with Crippen LogP contribution in [0.4, 0.5) is 5.69 Å². The molecule has 2 N–H and O–H groups in total. The van der Waals surface area contributed by atoms with Crippen LogP contribution in [0.15, 0.2) is 64.8 Å². The molecule has 0 fully saturated rings. The Morgan fingerprint density at radius 3 is 2.59 bits per heavy atom. The van der Waals surface area contributed by atoms with Crippen LogP contribution in [0.1, 0.15) is 21.6 Å². The van der Waals surface area contributed by atoms with E-state index in [9.17, 15) is 4.79 Å². The highest BCUT2D eigenvalue weighted by Crippen LogP contribution is 2.21. The number of H-pyrrole nitrogens is 1. The summed E-state index contributed by atoms with van der Waals surface area (Å²) in [7, 11) is 1.64. The first-order chi connectivity index (χ1) is 15.4. The normalized spacial score (nSPS) is 10.8. The van der Waals surface area contributed by atoms with Gasteiger partial charge >= 0.3 is 0 Å². The van der Waals surface area contributed by atoms with Gasteiger partial charge < -0.3 is 19.9 Å². The fourth-order valence-electron chi connectivity index (χ4n) is 3.72. The molecule has 0 amide bonds. The van der Waals surface area contributed by atoms with Gasteiger partial charge in [0.25, 0.3) is 5.56 Å². The zero-order valence-electron chi connectivity index (χ0n) is 18.3. The number of hydrogen-bond acceptors (Lipinski definition) is 4. The number of ether oxygens (including phenoxy) is 1. The Bertz CT molecular complexity index is 1300. The van der Waals surface area contributed by atoms with Crippen LogP contribution in [-0.2, 0) is 13.1 Å². The van der Waals surface area contributed by atoms with E-state index in [4.69, 9.17) is 17.0 Å². The van der Waals surface area contributed by atoms with E-state index in [1.165, 1.54) is 10.4 Å². The minimum absolute atomic E-state index is 0.0899. The molecular formula is C25H25N3O2S2. The number of aromatic amines is 1. The van der Waals surface area contributed by atoms with Crippen LogP contribution in [0.3, 0.4) is 0 Å². The van der Waals surface area contributed by atoms with Crippen LogP contribution < -0.4 is 15.6 Å². The predicted molar refractivity (Wildman–Crippen MR) is 137 cm³/mol. The molecule has 164 valence electrons. The summed E-state index contributed by atoms with van der Waals surface area (Å²) in [6.07, 6.45) is 0. The number of nitrogens with one attached hydrogen (secondary N) is 2. The quantitative estimate of drug-likeness (QED) is 0.364. The maximum absolute atomic E-state index is 12.9. The first-order valence-corrected chi connectivity index (χ1v) is 11.6. The number of anilines is 1. The highest BCUT2D eigenvalue weighted by atomic mass is 32.1. The lowest BCUT2D eigenvalue weighted by Gasteiger charge is -2.25. The molecule has 0 aliphatic heterocycles. The van der Waals surface area contributed by atoms with E-state index in [1.54, 1.807) is 18.4 Å². The monoisotopic (exact) mass is 463 g/mol. The summed E-state index contributed by atoms with van der Waals surface area (Å²) in [4.78, 5) is 19.2. The van der Waals surface area contributed by atoms with Crippen molar-refractivity contribution in [2.45, 2.75) is 26.9 Å². The number of hydrogen-bond donors (Lipinski definition) is 2. The molecule has 7 heteroatoms. The lowest BCUT2D eigenvalue weighted by molar-refractivity contribution is 0.414. The molecule has 0 saturated heterocycles. The topological polar surface area (TPSA) is 57.4 Å². The molecule has 0 aliphatic carbocycles. The van der Waals surface area contributed by atoms with Gasteiger partial charge in [-0.2, -0.15) is 0 Å². The van der Waals surface area contributed by atoms with Crippen LogP contribution in [0.5, 0.6) is 5.75 Å². The summed E-state index contributed by atoms with van der Waals surface area (Å²) in [5, 5.41) is 6.93. The molecule has 5 nitrogen and oxygen atoms in total. The van der Waals surface area contributed by atoms with Crippen molar-refractivity contribution >= 4 is 45.3 Å². The van der Waals surface area contributed by atoms with E-state index in [0.29, 0.717) is 23.8 Å². The Morgan fingerprint density at radius 1 is 1.12 bits per heavy atom. The van der Waals surface area contributed by atoms with Gasteiger partial charge in [-0.15, -0.1) is 11.3 Å². The third-order valence-corrected chi connectivity index (χ3v) is 6.51. The molecular weight excluding hydrogens is 438 g/mol. The van der Waals surface area contributed by atoms with E-state index in [-0.39, 0.29) is 5.56 Å². The van der Waals surface area contributed by atoms with Gasteiger partial charge in [-0.1, -0.05) is 17.7 Å². The Morgan fingerprint density at radius 2 is 1.91 bits per heavy atom. The maximum atomic E-state index is 12.9. The summed E-state index contributed by atoms with van der Waals surface area (Å²) < 4.78 is 5.23. The van der Waals surface area contributed by atoms with Crippen molar-refractivity contribution in [3.8, 4) is 5.75 Å². The van der Waals surface area contributed by atoms with E-state index < -0.39 is 0 Å². The van der Waals surface area contributed by atoms with Crippen LogP contribution in [0.25, 0.3) is 10.9 Å². The smallest absolute Gasteiger partial charge is 0.253 e. The molecule has 2 heterocycles. The largest absolute Gasteiger partial charge is 0.497 e. The molecule has 0 atom stereocenters. The number of thiocarbonyl (C=S) groups is 1. The molecule has 4 aromatic rings. The lowest BCUT2D eigenvalue weighted by atomic mass is 10.1. The second-order valence-electron chi connectivity index (χ2n) is 7.76.